The van der Waals surface area contributed by atoms with Gasteiger partial charge in [0.1, 0.15) is 0 Å². The highest BCUT2D eigenvalue weighted by Gasteiger charge is 2.50. The van der Waals surface area contributed by atoms with E-state index in [1.807, 2.05) is 18.2 Å². The van der Waals surface area contributed by atoms with Gasteiger partial charge in [0.25, 0.3) is 0 Å². The van der Waals surface area contributed by atoms with Crippen LogP contribution < -0.4 is 10.6 Å². The summed E-state index contributed by atoms with van der Waals surface area (Å²) in [6, 6.07) is 10.2. The number of unbranched alkanes of at least 4 members (excludes halogenated alkanes) is 2. The normalized spacial score (nSPS) is 16.7. The summed E-state index contributed by atoms with van der Waals surface area (Å²) in [6.45, 7) is 0.432. The molecule has 1 saturated heterocycles. The third-order valence-electron chi connectivity index (χ3n) is 4.93. The topological polar surface area (TPSA) is 73.8 Å². The van der Waals surface area contributed by atoms with Gasteiger partial charge in [-0.2, -0.15) is 17.5 Å². The first kappa shape index (κ1) is 27.0. The number of nitrogens with one attached hydrogen (secondary N) is 2. The molecule has 11 heteroatoms. The minimum absolute atomic E-state index is 0. The van der Waals surface area contributed by atoms with Gasteiger partial charge in [-0.15, -0.1) is 24.0 Å². The maximum atomic E-state index is 12.6. The molecule has 1 heterocycles. The van der Waals surface area contributed by atoms with E-state index in [2.05, 4.69) is 27.8 Å². The lowest BCUT2D eigenvalue weighted by molar-refractivity contribution is -0.0494. The molecule has 0 saturated carbocycles. The molecule has 0 amide bonds. The predicted octanol–water partition coefficient (Wildman–Crippen LogP) is 3.50. The van der Waals surface area contributed by atoms with Gasteiger partial charge in [0.2, 0.25) is 0 Å². The van der Waals surface area contributed by atoms with Crippen LogP contribution in [0.4, 0.5) is 13.2 Å². The second-order valence-corrected chi connectivity index (χ2v) is 8.99. The summed E-state index contributed by atoms with van der Waals surface area (Å²) in [5, 5.41) is 6.38. The van der Waals surface area contributed by atoms with Crippen LogP contribution in [0.15, 0.2) is 35.3 Å². The van der Waals surface area contributed by atoms with E-state index in [0.717, 1.165) is 32.2 Å². The summed E-state index contributed by atoms with van der Waals surface area (Å²) in [7, 11) is -3.61. The van der Waals surface area contributed by atoms with E-state index in [4.69, 9.17) is 0 Å². The Morgan fingerprint density at radius 1 is 1.13 bits per heavy atom. The zero-order valence-electron chi connectivity index (χ0n) is 17.0. The first-order valence-electron chi connectivity index (χ1n) is 9.81. The average Bonchev–Trinajstić information content (AvgIpc) is 2.70. The number of benzene rings is 1. The van der Waals surface area contributed by atoms with E-state index >= 15 is 0 Å². The summed E-state index contributed by atoms with van der Waals surface area (Å²) in [5.74, 6) is 0.588. The number of nitrogens with zero attached hydrogens (tertiary/aromatic N) is 2. The monoisotopic (exact) mass is 562 g/mol. The number of halogens is 4. The second kappa shape index (κ2) is 12.7. The number of aliphatic imine (C=N–C) groups is 1. The van der Waals surface area contributed by atoms with Crippen LogP contribution in [0, 0.1) is 0 Å². The summed E-state index contributed by atoms with van der Waals surface area (Å²) in [5.41, 5.74) is -3.91. The first-order valence-corrected chi connectivity index (χ1v) is 11.3. The fourth-order valence-electron chi connectivity index (χ4n) is 3.26. The summed E-state index contributed by atoms with van der Waals surface area (Å²) < 4.78 is 61.3. The molecule has 1 aromatic rings. The predicted molar refractivity (Wildman–Crippen MR) is 123 cm³/mol. The molecule has 1 aromatic carbocycles. The molecule has 0 radical (unpaired) electrons. The van der Waals surface area contributed by atoms with Gasteiger partial charge in [0.15, 0.2) is 5.96 Å². The van der Waals surface area contributed by atoms with E-state index in [1.54, 1.807) is 7.05 Å². The standard InChI is InChI=1S/C19H29F3N4O2S.HI/c1-23-18(24-13-7-3-6-10-16-8-4-2-5-9-16)25-17-11-14-26(15-12-17)29(27,28)19(20,21)22;/h2,4-5,8-9,17H,3,6-7,10-15H2,1H3,(H2,23,24,25);1H. The number of rotatable bonds is 8. The van der Waals surface area contributed by atoms with Gasteiger partial charge in [-0.1, -0.05) is 36.8 Å². The van der Waals surface area contributed by atoms with E-state index in [-0.39, 0.29) is 43.1 Å². The van der Waals surface area contributed by atoms with Crippen molar-refractivity contribution >= 4 is 40.0 Å². The zero-order chi connectivity index (χ0) is 21.3. The number of sulfonamides is 1. The van der Waals surface area contributed by atoms with Crippen LogP contribution >= 0.6 is 24.0 Å². The van der Waals surface area contributed by atoms with Crippen molar-refractivity contribution in [3.63, 3.8) is 0 Å². The Kier molecular flexibility index (Phi) is 11.4. The number of guanidine groups is 1. The van der Waals surface area contributed by atoms with Crippen LogP contribution in [-0.2, 0) is 16.4 Å². The summed E-state index contributed by atoms with van der Waals surface area (Å²) >= 11 is 0. The molecule has 0 aromatic heterocycles. The lowest BCUT2D eigenvalue weighted by Gasteiger charge is -2.32. The lowest BCUT2D eigenvalue weighted by Crippen LogP contribution is -2.51. The molecule has 0 aliphatic carbocycles. The zero-order valence-corrected chi connectivity index (χ0v) is 20.1. The van der Waals surface area contributed by atoms with Crippen LogP contribution in [0.3, 0.4) is 0 Å². The number of hydrogen-bond acceptors (Lipinski definition) is 3. The average molecular weight is 562 g/mol. The Morgan fingerprint density at radius 3 is 2.33 bits per heavy atom. The Bertz CT molecular complexity index is 753. The van der Waals surface area contributed by atoms with Crippen molar-refractivity contribution < 1.29 is 21.6 Å². The van der Waals surface area contributed by atoms with Crippen molar-refractivity contribution in [3.05, 3.63) is 35.9 Å². The molecule has 0 unspecified atom stereocenters. The molecular weight excluding hydrogens is 532 g/mol. The lowest BCUT2D eigenvalue weighted by atomic mass is 10.1. The Balaban J connectivity index is 0.00000450. The maximum absolute atomic E-state index is 12.6. The molecule has 172 valence electrons. The Morgan fingerprint density at radius 2 is 1.77 bits per heavy atom. The van der Waals surface area contributed by atoms with Crippen molar-refractivity contribution in [2.24, 2.45) is 4.99 Å². The van der Waals surface area contributed by atoms with Crippen LogP contribution in [-0.4, -0.2) is 56.9 Å². The third kappa shape index (κ3) is 8.22. The molecule has 1 aliphatic heterocycles. The molecule has 6 nitrogen and oxygen atoms in total. The fourth-order valence-corrected chi connectivity index (χ4v) is 4.24. The second-order valence-electron chi connectivity index (χ2n) is 7.06. The molecule has 2 N–H and O–H groups in total. The number of alkyl halides is 3. The van der Waals surface area contributed by atoms with Gasteiger partial charge in [-0.05, 0) is 37.7 Å². The highest BCUT2D eigenvalue weighted by Crippen LogP contribution is 2.28. The minimum Gasteiger partial charge on any atom is -0.356 e. The molecule has 2 rings (SSSR count). The molecule has 1 fully saturated rings. The van der Waals surface area contributed by atoms with Crippen LogP contribution in [0.2, 0.25) is 0 Å². The quantitative estimate of drug-likeness (QED) is 0.220. The molecule has 0 spiro atoms. The molecule has 0 bridgehead atoms. The minimum atomic E-state index is -5.24. The van der Waals surface area contributed by atoms with Gasteiger partial charge < -0.3 is 10.6 Å². The summed E-state index contributed by atoms with van der Waals surface area (Å²) in [6.07, 6.45) is 4.81. The molecular formula is C19H30F3IN4O2S. The SMILES string of the molecule is CN=C(NCCCCCc1ccccc1)NC1CCN(S(=O)(=O)C(F)(F)F)CC1.I. The van der Waals surface area contributed by atoms with Gasteiger partial charge in [-0.3, -0.25) is 4.99 Å². The first-order chi connectivity index (χ1) is 13.7. The van der Waals surface area contributed by atoms with Crippen molar-refractivity contribution in [1.82, 2.24) is 14.9 Å². The van der Waals surface area contributed by atoms with Gasteiger partial charge in [0.05, 0.1) is 0 Å². The Labute approximate surface area is 193 Å². The van der Waals surface area contributed by atoms with Crippen molar-refractivity contribution in [3.8, 4) is 0 Å². The van der Waals surface area contributed by atoms with Crippen LogP contribution in [0.1, 0.15) is 37.7 Å². The van der Waals surface area contributed by atoms with Crippen LogP contribution in [0.5, 0.6) is 0 Å². The number of hydrogen-bond donors (Lipinski definition) is 2. The van der Waals surface area contributed by atoms with Crippen LogP contribution in [0.25, 0.3) is 0 Å². The highest BCUT2D eigenvalue weighted by molar-refractivity contribution is 14.0. The van der Waals surface area contributed by atoms with Gasteiger partial charge in [-0.25, -0.2) is 8.42 Å². The molecule has 0 atom stereocenters. The smallest absolute Gasteiger partial charge is 0.356 e. The van der Waals surface area contributed by atoms with Crippen molar-refractivity contribution in [2.75, 3.05) is 26.7 Å². The van der Waals surface area contributed by atoms with Crippen molar-refractivity contribution in [1.29, 1.82) is 0 Å². The summed E-state index contributed by atoms with van der Waals surface area (Å²) in [4.78, 5) is 4.14. The van der Waals surface area contributed by atoms with E-state index in [1.165, 1.54) is 5.56 Å². The van der Waals surface area contributed by atoms with Gasteiger partial charge in [0, 0.05) is 32.7 Å². The largest absolute Gasteiger partial charge is 0.511 e. The van der Waals surface area contributed by atoms with E-state index in [0.29, 0.717) is 23.1 Å². The number of aryl methyl sites for hydroxylation is 1. The highest BCUT2D eigenvalue weighted by atomic mass is 127. The Hall–Kier alpha value is -1.08. The molecule has 1 aliphatic rings. The maximum Gasteiger partial charge on any atom is 0.511 e. The van der Waals surface area contributed by atoms with Crippen molar-refractivity contribution in [2.45, 2.75) is 50.1 Å². The van der Waals surface area contributed by atoms with E-state index < -0.39 is 15.5 Å². The third-order valence-corrected chi connectivity index (χ3v) is 6.56. The van der Waals surface area contributed by atoms with Gasteiger partial charge >= 0.3 is 15.5 Å². The molecule has 30 heavy (non-hydrogen) atoms. The number of piperidine rings is 1. The van der Waals surface area contributed by atoms with E-state index in [9.17, 15) is 21.6 Å². The fraction of sp³-hybridized carbons (Fsp3) is 0.632.